The fourth-order valence-corrected chi connectivity index (χ4v) is 2.39. The van der Waals surface area contributed by atoms with E-state index in [1.54, 1.807) is 7.11 Å². The molecule has 3 nitrogen and oxygen atoms in total. The maximum Gasteiger partial charge on any atom is 0.137 e. The average molecular weight is 256 g/mol. The molecule has 0 aliphatic heterocycles. The lowest BCUT2D eigenvalue weighted by Gasteiger charge is -2.40. The molecule has 1 aliphatic carbocycles. The van der Waals surface area contributed by atoms with Crippen LogP contribution < -0.4 is 10.1 Å². The van der Waals surface area contributed by atoms with Crippen LogP contribution in [0.3, 0.4) is 0 Å². The molecule has 4 heteroatoms. The Kier molecular flexibility index (Phi) is 3.79. The van der Waals surface area contributed by atoms with E-state index >= 15 is 0 Å². The molecule has 2 N–H and O–H groups in total. The van der Waals surface area contributed by atoms with Gasteiger partial charge in [-0.1, -0.05) is 18.0 Å². The van der Waals surface area contributed by atoms with Gasteiger partial charge in [-0.25, -0.2) is 0 Å². The first-order valence-electron chi connectivity index (χ1n) is 5.87. The topological polar surface area (TPSA) is 41.5 Å². The molecule has 0 bridgehead atoms. The zero-order valence-corrected chi connectivity index (χ0v) is 10.8. The number of hydrogen-bond donors (Lipinski definition) is 2. The number of anilines is 1. The summed E-state index contributed by atoms with van der Waals surface area (Å²) >= 11 is 6.05. The summed E-state index contributed by atoms with van der Waals surface area (Å²) in [6, 6.07) is 5.63. The summed E-state index contributed by atoms with van der Waals surface area (Å²) < 4.78 is 5.10. The van der Waals surface area contributed by atoms with Crippen LogP contribution in [0.25, 0.3) is 0 Å². The SMILES string of the molecule is COc1ccc(NCC2(CO)CCC2)cc1Cl. The predicted molar refractivity (Wildman–Crippen MR) is 69.9 cm³/mol. The zero-order valence-electron chi connectivity index (χ0n) is 10.0. The molecule has 1 saturated carbocycles. The first-order valence-corrected chi connectivity index (χ1v) is 6.25. The van der Waals surface area contributed by atoms with Crippen molar-refractivity contribution in [2.45, 2.75) is 19.3 Å². The largest absolute Gasteiger partial charge is 0.495 e. The number of methoxy groups -OCH3 is 1. The monoisotopic (exact) mass is 255 g/mol. The lowest BCUT2D eigenvalue weighted by atomic mass is 9.69. The fourth-order valence-electron chi connectivity index (χ4n) is 2.13. The normalized spacial score (nSPS) is 17.4. The molecule has 0 radical (unpaired) electrons. The van der Waals surface area contributed by atoms with Crippen LogP contribution in [0.5, 0.6) is 5.75 Å². The standard InChI is InChI=1S/C13H18ClNO2/c1-17-12-4-3-10(7-11(12)14)15-8-13(9-16)5-2-6-13/h3-4,7,15-16H,2,5-6,8-9H2,1H3. The summed E-state index contributed by atoms with van der Waals surface area (Å²) in [5, 5.41) is 13.3. The van der Waals surface area contributed by atoms with Crippen molar-refractivity contribution in [1.82, 2.24) is 0 Å². The quantitative estimate of drug-likeness (QED) is 0.850. The van der Waals surface area contributed by atoms with E-state index in [0.29, 0.717) is 10.8 Å². The van der Waals surface area contributed by atoms with Gasteiger partial charge in [0.25, 0.3) is 0 Å². The number of aliphatic hydroxyl groups excluding tert-OH is 1. The van der Waals surface area contributed by atoms with Crippen LogP contribution in [0.15, 0.2) is 18.2 Å². The van der Waals surface area contributed by atoms with Crippen LogP contribution in [-0.2, 0) is 0 Å². The van der Waals surface area contributed by atoms with E-state index < -0.39 is 0 Å². The van der Waals surface area contributed by atoms with Crippen molar-refractivity contribution in [3.8, 4) is 5.75 Å². The number of ether oxygens (including phenoxy) is 1. The van der Waals surface area contributed by atoms with E-state index in [9.17, 15) is 5.11 Å². The Morgan fingerprint density at radius 1 is 1.47 bits per heavy atom. The molecule has 1 aliphatic rings. The lowest BCUT2D eigenvalue weighted by molar-refractivity contribution is 0.0576. The van der Waals surface area contributed by atoms with Gasteiger partial charge in [-0.05, 0) is 31.0 Å². The second-order valence-corrected chi connectivity index (χ2v) is 5.12. The van der Waals surface area contributed by atoms with Crippen LogP contribution in [0, 0.1) is 5.41 Å². The molecule has 17 heavy (non-hydrogen) atoms. The third-order valence-electron chi connectivity index (χ3n) is 3.57. The minimum atomic E-state index is 0.0758. The van der Waals surface area contributed by atoms with Crippen LogP contribution in [0.2, 0.25) is 5.02 Å². The van der Waals surface area contributed by atoms with Crippen molar-refractivity contribution >= 4 is 17.3 Å². The van der Waals surface area contributed by atoms with Crippen LogP contribution in [0.4, 0.5) is 5.69 Å². The maximum absolute atomic E-state index is 9.37. The Balaban J connectivity index is 1.97. The van der Waals surface area contributed by atoms with Gasteiger partial charge >= 0.3 is 0 Å². The molecule has 2 rings (SSSR count). The second-order valence-electron chi connectivity index (χ2n) is 4.71. The summed E-state index contributed by atoms with van der Waals surface area (Å²) in [7, 11) is 1.60. The van der Waals surface area contributed by atoms with Crippen molar-refractivity contribution in [2.24, 2.45) is 5.41 Å². The highest BCUT2D eigenvalue weighted by Crippen LogP contribution is 2.40. The molecule has 1 aromatic rings. The summed E-state index contributed by atoms with van der Waals surface area (Å²) in [6.45, 7) is 1.05. The molecule has 0 atom stereocenters. The summed E-state index contributed by atoms with van der Waals surface area (Å²) in [5.74, 6) is 0.678. The van der Waals surface area contributed by atoms with Gasteiger partial charge in [0, 0.05) is 17.6 Å². The van der Waals surface area contributed by atoms with Crippen molar-refractivity contribution < 1.29 is 9.84 Å². The Hall–Kier alpha value is -0.930. The van der Waals surface area contributed by atoms with E-state index in [2.05, 4.69) is 5.32 Å². The van der Waals surface area contributed by atoms with Crippen LogP contribution in [0.1, 0.15) is 19.3 Å². The highest BCUT2D eigenvalue weighted by molar-refractivity contribution is 6.32. The van der Waals surface area contributed by atoms with E-state index in [4.69, 9.17) is 16.3 Å². The molecule has 94 valence electrons. The predicted octanol–water partition coefficient (Wildman–Crippen LogP) is 2.92. The molecule has 0 spiro atoms. The minimum absolute atomic E-state index is 0.0758. The van der Waals surface area contributed by atoms with E-state index in [0.717, 1.165) is 25.1 Å². The number of rotatable bonds is 5. The molecule has 0 amide bonds. The molecule has 0 saturated heterocycles. The zero-order chi connectivity index (χ0) is 12.3. The van der Waals surface area contributed by atoms with Gasteiger partial charge in [-0.3, -0.25) is 0 Å². The van der Waals surface area contributed by atoms with Gasteiger partial charge in [0.1, 0.15) is 5.75 Å². The van der Waals surface area contributed by atoms with E-state index in [-0.39, 0.29) is 12.0 Å². The third kappa shape index (κ3) is 2.67. The molecular formula is C13H18ClNO2. The highest BCUT2D eigenvalue weighted by Gasteiger charge is 2.35. The van der Waals surface area contributed by atoms with Crippen molar-refractivity contribution in [3.05, 3.63) is 23.2 Å². The number of halogens is 1. The lowest BCUT2D eigenvalue weighted by Crippen LogP contribution is -2.39. The maximum atomic E-state index is 9.37. The third-order valence-corrected chi connectivity index (χ3v) is 3.86. The molecule has 0 aromatic heterocycles. The van der Waals surface area contributed by atoms with Crippen LogP contribution >= 0.6 is 11.6 Å². The van der Waals surface area contributed by atoms with Gasteiger partial charge in [0.2, 0.25) is 0 Å². The second kappa shape index (κ2) is 5.15. The molecule has 0 unspecified atom stereocenters. The molecule has 1 aromatic carbocycles. The molecule has 1 fully saturated rings. The summed E-state index contributed by atoms with van der Waals surface area (Å²) in [5.41, 5.74) is 1.04. The number of aliphatic hydroxyl groups is 1. The van der Waals surface area contributed by atoms with E-state index in [1.165, 1.54) is 6.42 Å². The Labute approximate surface area is 107 Å². The van der Waals surface area contributed by atoms with Gasteiger partial charge < -0.3 is 15.2 Å². The van der Waals surface area contributed by atoms with Gasteiger partial charge in [0.05, 0.1) is 18.7 Å². The molecule has 0 heterocycles. The number of benzene rings is 1. The van der Waals surface area contributed by atoms with Gasteiger partial charge in [-0.15, -0.1) is 0 Å². The Morgan fingerprint density at radius 3 is 2.71 bits per heavy atom. The smallest absolute Gasteiger partial charge is 0.137 e. The Bertz CT molecular complexity index is 385. The van der Waals surface area contributed by atoms with E-state index in [1.807, 2.05) is 18.2 Å². The van der Waals surface area contributed by atoms with Gasteiger partial charge in [0.15, 0.2) is 0 Å². The molecular weight excluding hydrogens is 238 g/mol. The average Bonchev–Trinajstić information content (AvgIpc) is 2.28. The number of hydrogen-bond acceptors (Lipinski definition) is 3. The van der Waals surface area contributed by atoms with Crippen molar-refractivity contribution in [1.29, 1.82) is 0 Å². The minimum Gasteiger partial charge on any atom is -0.495 e. The van der Waals surface area contributed by atoms with Crippen molar-refractivity contribution in [2.75, 3.05) is 25.6 Å². The van der Waals surface area contributed by atoms with Crippen LogP contribution in [-0.4, -0.2) is 25.4 Å². The summed E-state index contributed by atoms with van der Waals surface area (Å²) in [4.78, 5) is 0. The first kappa shape index (κ1) is 12.5. The fraction of sp³-hybridized carbons (Fsp3) is 0.538. The summed E-state index contributed by atoms with van der Waals surface area (Å²) in [6.07, 6.45) is 3.41. The number of nitrogens with one attached hydrogen (secondary N) is 1. The van der Waals surface area contributed by atoms with Gasteiger partial charge in [-0.2, -0.15) is 0 Å². The highest BCUT2D eigenvalue weighted by atomic mass is 35.5. The van der Waals surface area contributed by atoms with Crippen molar-refractivity contribution in [3.63, 3.8) is 0 Å². The Morgan fingerprint density at radius 2 is 2.24 bits per heavy atom. The first-order chi connectivity index (χ1) is 8.19.